The van der Waals surface area contributed by atoms with E-state index in [1.807, 2.05) is 24.3 Å². The maximum Gasteiger partial charge on any atom is 0.224 e. The minimum absolute atomic E-state index is 0.0890. The molecule has 18 heavy (non-hydrogen) atoms. The molecule has 2 nitrogen and oxygen atoms in total. The lowest BCUT2D eigenvalue weighted by molar-refractivity contribution is -0.120. The molecular formula is C14H17BrClNO. The highest BCUT2D eigenvalue weighted by atomic mass is 79.9. The second-order valence-electron chi connectivity index (χ2n) is 4.89. The van der Waals surface area contributed by atoms with Gasteiger partial charge in [0.15, 0.2) is 0 Å². The number of rotatable bonds is 4. The molecule has 0 aliphatic heterocycles. The predicted molar refractivity (Wildman–Crippen MR) is 77.8 cm³/mol. The largest absolute Gasteiger partial charge is 0.356 e. The van der Waals surface area contributed by atoms with Gasteiger partial charge in [0.05, 0.1) is 6.42 Å². The van der Waals surface area contributed by atoms with Crippen molar-refractivity contribution in [3.63, 3.8) is 0 Å². The summed E-state index contributed by atoms with van der Waals surface area (Å²) in [6, 6.07) is 7.85. The van der Waals surface area contributed by atoms with E-state index in [1.165, 1.54) is 0 Å². The fraction of sp³-hybridized carbons (Fsp3) is 0.500. The highest BCUT2D eigenvalue weighted by Gasteiger charge is 2.22. The van der Waals surface area contributed by atoms with E-state index in [1.54, 1.807) is 0 Å². The summed E-state index contributed by atoms with van der Waals surface area (Å²) in [5.41, 5.74) is 1.03. The number of alkyl halides is 1. The summed E-state index contributed by atoms with van der Waals surface area (Å²) in [6.45, 7) is 0.760. The van der Waals surface area contributed by atoms with Crippen molar-refractivity contribution >= 4 is 33.4 Å². The number of carbonyl (C=O) groups excluding carboxylic acids is 1. The molecule has 1 amide bonds. The summed E-state index contributed by atoms with van der Waals surface area (Å²) >= 11 is 9.46. The normalized spacial score (nSPS) is 23.0. The van der Waals surface area contributed by atoms with Crippen LogP contribution in [0.2, 0.25) is 0 Å². The average Bonchev–Trinajstić information content (AvgIpc) is 2.73. The summed E-state index contributed by atoms with van der Waals surface area (Å²) in [6.07, 6.45) is 3.67. The molecule has 2 rings (SSSR count). The molecule has 0 aromatic heterocycles. The van der Waals surface area contributed by atoms with Crippen LogP contribution in [0.1, 0.15) is 24.8 Å². The molecule has 1 fully saturated rings. The Morgan fingerprint density at radius 2 is 2.28 bits per heavy atom. The first kappa shape index (κ1) is 13.9. The van der Waals surface area contributed by atoms with Gasteiger partial charge in [-0.05, 0) is 42.9 Å². The number of amides is 1. The summed E-state index contributed by atoms with van der Waals surface area (Å²) in [5, 5.41) is 3.30. The highest BCUT2D eigenvalue weighted by Crippen LogP contribution is 2.28. The van der Waals surface area contributed by atoms with E-state index in [0.29, 0.717) is 17.7 Å². The first-order valence-corrected chi connectivity index (χ1v) is 7.51. The van der Waals surface area contributed by atoms with Gasteiger partial charge in [-0.25, -0.2) is 0 Å². The maximum absolute atomic E-state index is 11.8. The summed E-state index contributed by atoms with van der Waals surface area (Å²) < 4.78 is 1.01. The van der Waals surface area contributed by atoms with Gasteiger partial charge in [-0.2, -0.15) is 0 Å². The van der Waals surface area contributed by atoms with Gasteiger partial charge in [-0.3, -0.25) is 4.79 Å². The molecule has 0 bridgehead atoms. The minimum atomic E-state index is 0.0890. The Bertz CT molecular complexity index is 424. The van der Waals surface area contributed by atoms with E-state index in [0.717, 1.165) is 35.8 Å². The van der Waals surface area contributed by atoms with Crippen LogP contribution in [-0.2, 0) is 11.2 Å². The topological polar surface area (TPSA) is 29.1 Å². The van der Waals surface area contributed by atoms with E-state index >= 15 is 0 Å². The third-order valence-corrected chi connectivity index (χ3v) is 4.21. The number of nitrogens with one attached hydrogen (secondary N) is 1. The van der Waals surface area contributed by atoms with Crippen LogP contribution >= 0.6 is 27.5 Å². The van der Waals surface area contributed by atoms with Crippen molar-refractivity contribution in [2.45, 2.75) is 31.1 Å². The first-order valence-electron chi connectivity index (χ1n) is 6.28. The molecule has 1 N–H and O–H groups in total. The first-order chi connectivity index (χ1) is 8.63. The lowest BCUT2D eigenvalue weighted by Gasteiger charge is -2.11. The molecule has 2 unspecified atom stereocenters. The zero-order chi connectivity index (χ0) is 13.0. The van der Waals surface area contributed by atoms with Crippen molar-refractivity contribution in [2.75, 3.05) is 6.54 Å². The number of benzene rings is 1. The van der Waals surface area contributed by atoms with Gasteiger partial charge >= 0.3 is 0 Å². The van der Waals surface area contributed by atoms with E-state index in [-0.39, 0.29) is 5.91 Å². The lowest BCUT2D eigenvalue weighted by atomic mass is 10.1. The standard InChI is InChI=1S/C14H17BrClNO/c15-12-3-1-2-10(6-12)8-14(18)17-9-11-4-5-13(16)7-11/h1-3,6,11,13H,4-5,7-9H2,(H,17,18). The zero-order valence-electron chi connectivity index (χ0n) is 10.2. The minimum Gasteiger partial charge on any atom is -0.356 e. The molecule has 98 valence electrons. The Labute approximate surface area is 121 Å². The quantitative estimate of drug-likeness (QED) is 0.841. The second-order valence-corrected chi connectivity index (χ2v) is 6.42. The Balaban J connectivity index is 1.75. The van der Waals surface area contributed by atoms with Crippen LogP contribution in [-0.4, -0.2) is 17.8 Å². The molecule has 4 heteroatoms. The van der Waals surface area contributed by atoms with E-state index in [9.17, 15) is 4.79 Å². The SMILES string of the molecule is O=C(Cc1cccc(Br)c1)NCC1CCC(Cl)C1. The van der Waals surface area contributed by atoms with Crippen LogP contribution in [0.5, 0.6) is 0 Å². The van der Waals surface area contributed by atoms with Crippen LogP contribution in [0.25, 0.3) is 0 Å². The predicted octanol–water partition coefficient (Wildman–Crippen LogP) is 3.52. The number of hydrogen-bond acceptors (Lipinski definition) is 1. The molecule has 1 aromatic carbocycles. The van der Waals surface area contributed by atoms with Gasteiger partial charge in [-0.1, -0.05) is 28.1 Å². The maximum atomic E-state index is 11.8. The third kappa shape index (κ3) is 4.29. The van der Waals surface area contributed by atoms with Crippen LogP contribution in [0.3, 0.4) is 0 Å². The Hall–Kier alpha value is -0.540. The summed E-state index contributed by atoms with van der Waals surface area (Å²) in [7, 11) is 0. The summed E-state index contributed by atoms with van der Waals surface area (Å²) in [4.78, 5) is 11.8. The molecule has 0 saturated heterocycles. The van der Waals surface area contributed by atoms with Crippen molar-refractivity contribution in [2.24, 2.45) is 5.92 Å². The molecule has 0 heterocycles. The number of carbonyl (C=O) groups is 1. The fourth-order valence-corrected chi connectivity index (χ4v) is 3.18. The molecule has 2 atom stereocenters. The van der Waals surface area contributed by atoms with Crippen LogP contribution < -0.4 is 5.32 Å². The van der Waals surface area contributed by atoms with Gasteiger partial charge in [0.1, 0.15) is 0 Å². The molecule has 0 spiro atoms. The van der Waals surface area contributed by atoms with Crippen molar-refractivity contribution in [3.8, 4) is 0 Å². The smallest absolute Gasteiger partial charge is 0.224 e. The highest BCUT2D eigenvalue weighted by molar-refractivity contribution is 9.10. The number of halogens is 2. The van der Waals surface area contributed by atoms with Crippen molar-refractivity contribution in [1.29, 1.82) is 0 Å². The van der Waals surface area contributed by atoms with Gasteiger partial charge in [0.25, 0.3) is 0 Å². The molecular weight excluding hydrogens is 314 g/mol. The van der Waals surface area contributed by atoms with E-state index in [4.69, 9.17) is 11.6 Å². The third-order valence-electron chi connectivity index (χ3n) is 3.32. The monoisotopic (exact) mass is 329 g/mol. The van der Waals surface area contributed by atoms with E-state index < -0.39 is 0 Å². The molecule has 1 aliphatic carbocycles. The van der Waals surface area contributed by atoms with Gasteiger partial charge in [0.2, 0.25) is 5.91 Å². The molecule has 1 aromatic rings. The summed E-state index contributed by atoms with van der Waals surface area (Å²) in [5.74, 6) is 0.644. The molecule has 0 radical (unpaired) electrons. The van der Waals surface area contributed by atoms with Crippen LogP contribution in [0.4, 0.5) is 0 Å². The molecule has 1 saturated carbocycles. The van der Waals surface area contributed by atoms with Gasteiger partial charge in [0, 0.05) is 16.4 Å². The number of hydrogen-bond donors (Lipinski definition) is 1. The van der Waals surface area contributed by atoms with Crippen molar-refractivity contribution < 1.29 is 4.79 Å². The van der Waals surface area contributed by atoms with E-state index in [2.05, 4.69) is 21.2 Å². The van der Waals surface area contributed by atoms with Crippen LogP contribution in [0, 0.1) is 5.92 Å². The second kappa shape index (κ2) is 6.58. The Morgan fingerprint density at radius 3 is 2.94 bits per heavy atom. The van der Waals surface area contributed by atoms with Crippen molar-refractivity contribution in [3.05, 3.63) is 34.3 Å². The Kier molecular flexibility index (Phi) is 5.07. The van der Waals surface area contributed by atoms with Gasteiger partial charge in [-0.15, -0.1) is 11.6 Å². The van der Waals surface area contributed by atoms with Gasteiger partial charge < -0.3 is 5.32 Å². The zero-order valence-corrected chi connectivity index (χ0v) is 12.5. The Morgan fingerprint density at radius 1 is 1.44 bits per heavy atom. The van der Waals surface area contributed by atoms with Crippen molar-refractivity contribution in [1.82, 2.24) is 5.32 Å². The lowest BCUT2D eigenvalue weighted by Crippen LogP contribution is -2.29. The van der Waals surface area contributed by atoms with Crippen LogP contribution in [0.15, 0.2) is 28.7 Å². The molecule has 1 aliphatic rings. The fourth-order valence-electron chi connectivity index (χ4n) is 2.35. The average molecular weight is 331 g/mol.